The predicted molar refractivity (Wildman–Crippen MR) is 70.1 cm³/mol. The molecule has 2 aromatic carbocycles. The van der Waals surface area contributed by atoms with E-state index in [2.05, 4.69) is 4.74 Å². The first kappa shape index (κ1) is 13.5. The molecule has 1 unspecified atom stereocenters. The van der Waals surface area contributed by atoms with E-state index in [-0.39, 0.29) is 11.8 Å². The van der Waals surface area contributed by atoms with Crippen molar-refractivity contribution in [2.45, 2.75) is 19.1 Å². The lowest BCUT2D eigenvalue weighted by molar-refractivity contribution is -0.0498. The van der Waals surface area contributed by atoms with Crippen molar-refractivity contribution in [3.05, 3.63) is 65.7 Å². The van der Waals surface area contributed by atoms with Crippen LogP contribution < -0.4 is 10.5 Å². The lowest BCUT2D eigenvalue weighted by Crippen LogP contribution is -2.13. The number of halogens is 2. The molecule has 0 amide bonds. The third-order valence-electron chi connectivity index (χ3n) is 2.81. The topological polar surface area (TPSA) is 35.2 Å². The molecule has 0 fully saturated rings. The average Bonchev–Trinajstić information content (AvgIpc) is 2.39. The largest absolute Gasteiger partial charge is 0.435 e. The lowest BCUT2D eigenvalue weighted by Gasteiger charge is -2.13. The summed E-state index contributed by atoms with van der Waals surface area (Å²) in [5.74, 6) is 0.135. The third kappa shape index (κ3) is 4.03. The summed E-state index contributed by atoms with van der Waals surface area (Å²) in [6.07, 6.45) is 0.652. The van der Waals surface area contributed by atoms with E-state index in [0.717, 1.165) is 11.1 Å². The first-order chi connectivity index (χ1) is 9.15. The molecule has 1 atom stereocenters. The summed E-state index contributed by atoms with van der Waals surface area (Å²) in [6.45, 7) is -2.82. The summed E-state index contributed by atoms with van der Waals surface area (Å²) in [5, 5.41) is 0. The molecule has 100 valence electrons. The minimum Gasteiger partial charge on any atom is -0.435 e. The zero-order valence-electron chi connectivity index (χ0n) is 10.3. The van der Waals surface area contributed by atoms with Crippen molar-refractivity contribution in [2.75, 3.05) is 0 Å². The van der Waals surface area contributed by atoms with Crippen molar-refractivity contribution in [1.82, 2.24) is 0 Å². The van der Waals surface area contributed by atoms with Crippen molar-refractivity contribution < 1.29 is 13.5 Å². The highest BCUT2D eigenvalue weighted by Gasteiger charge is 2.10. The van der Waals surface area contributed by atoms with Crippen LogP contribution in [0.3, 0.4) is 0 Å². The molecule has 0 spiro atoms. The Balaban J connectivity index is 2.08. The molecule has 2 N–H and O–H groups in total. The van der Waals surface area contributed by atoms with Gasteiger partial charge in [-0.2, -0.15) is 8.78 Å². The van der Waals surface area contributed by atoms with Gasteiger partial charge in [0.05, 0.1) is 0 Å². The van der Waals surface area contributed by atoms with E-state index in [1.165, 1.54) is 6.07 Å². The molecule has 2 rings (SSSR count). The highest BCUT2D eigenvalue weighted by Crippen LogP contribution is 2.22. The van der Waals surface area contributed by atoms with Crippen molar-refractivity contribution >= 4 is 0 Å². The fraction of sp³-hybridized carbons (Fsp3) is 0.200. The van der Waals surface area contributed by atoms with Crippen LogP contribution in [-0.4, -0.2) is 6.61 Å². The SMILES string of the molecule is NC(Cc1ccccc1)c1cccc(OC(F)F)c1. The average molecular weight is 263 g/mol. The lowest BCUT2D eigenvalue weighted by atomic mass is 10.00. The highest BCUT2D eigenvalue weighted by atomic mass is 19.3. The van der Waals surface area contributed by atoms with E-state index in [4.69, 9.17) is 5.73 Å². The Kier molecular flexibility index (Phi) is 4.47. The molecule has 4 heteroatoms. The van der Waals surface area contributed by atoms with Gasteiger partial charge in [0.25, 0.3) is 0 Å². The van der Waals surface area contributed by atoms with Gasteiger partial charge in [0.2, 0.25) is 0 Å². The molecule has 2 aromatic rings. The number of benzene rings is 2. The Morgan fingerprint density at radius 3 is 2.42 bits per heavy atom. The second kappa shape index (κ2) is 6.29. The zero-order valence-corrected chi connectivity index (χ0v) is 10.3. The molecule has 19 heavy (non-hydrogen) atoms. The second-order valence-corrected chi connectivity index (χ2v) is 4.25. The van der Waals surface area contributed by atoms with E-state index in [1.807, 2.05) is 36.4 Å². The molecule has 0 bridgehead atoms. The van der Waals surface area contributed by atoms with Crippen LogP contribution in [0.25, 0.3) is 0 Å². The van der Waals surface area contributed by atoms with Gasteiger partial charge in [0.1, 0.15) is 5.75 Å². The van der Waals surface area contributed by atoms with Gasteiger partial charge in [-0.1, -0.05) is 42.5 Å². The monoisotopic (exact) mass is 263 g/mol. The van der Waals surface area contributed by atoms with E-state index in [0.29, 0.717) is 6.42 Å². The number of alkyl halides is 2. The first-order valence-corrected chi connectivity index (χ1v) is 5.99. The van der Waals surface area contributed by atoms with Gasteiger partial charge >= 0.3 is 6.61 Å². The quantitative estimate of drug-likeness (QED) is 0.895. The highest BCUT2D eigenvalue weighted by molar-refractivity contribution is 5.31. The van der Waals surface area contributed by atoms with E-state index < -0.39 is 6.61 Å². The maximum absolute atomic E-state index is 12.1. The summed E-state index contributed by atoms with van der Waals surface area (Å²) >= 11 is 0. The molecule has 0 saturated carbocycles. The molecular formula is C15H15F2NO. The molecule has 0 aliphatic heterocycles. The molecule has 0 heterocycles. The fourth-order valence-electron chi connectivity index (χ4n) is 1.91. The van der Waals surface area contributed by atoms with Crippen LogP contribution in [0.15, 0.2) is 54.6 Å². The molecule has 0 radical (unpaired) electrons. The van der Waals surface area contributed by atoms with E-state index in [1.54, 1.807) is 12.1 Å². The van der Waals surface area contributed by atoms with Gasteiger partial charge < -0.3 is 10.5 Å². The van der Waals surface area contributed by atoms with Gasteiger partial charge in [-0.25, -0.2) is 0 Å². The zero-order chi connectivity index (χ0) is 13.7. The number of nitrogens with two attached hydrogens (primary N) is 1. The maximum Gasteiger partial charge on any atom is 0.387 e. The van der Waals surface area contributed by atoms with Crippen molar-refractivity contribution in [1.29, 1.82) is 0 Å². The van der Waals surface area contributed by atoms with Gasteiger partial charge in [-0.05, 0) is 29.7 Å². The van der Waals surface area contributed by atoms with E-state index >= 15 is 0 Å². The van der Waals surface area contributed by atoms with Gasteiger partial charge in [0.15, 0.2) is 0 Å². The summed E-state index contributed by atoms with van der Waals surface area (Å²) in [5.41, 5.74) is 7.97. The van der Waals surface area contributed by atoms with Crippen LogP contribution in [-0.2, 0) is 6.42 Å². The molecule has 0 aliphatic carbocycles. The first-order valence-electron chi connectivity index (χ1n) is 5.99. The minimum absolute atomic E-state index is 0.135. The Labute approximate surface area is 110 Å². The van der Waals surface area contributed by atoms with Gasteiger partial charge in [0, 0.05) is 6.04 Å². The van der Waals surface area contributed by atoms with Crippen molar-refractivity contribution in [2.24, 2.45) is 5.73 Å². The molecule has 2 nitrogen and oxygen atoms in total. The van der Waals surface area contributed by atoms with E-state index in [9.17, 15) is 8.78 Å². The fourth-order valence-corrected chi connectivity index (χ4v) is 1.91. The summed E-state index contributed by atoms with van der Waals surface area (Å²) in [4.78, 5) is 0. The van der Waals surface area contributed by atoms with Crippen molar-refractivity contribution in [3.63, 3.8) is 0 Å². The van der Waals surface area contributed by atoms with Gasteiger partial charge in [-0.3, -0.25) is 0 Å². The minimum atomic E-state index is -2.82. The third-order valence-corrected chi connectivity index (χ3v) is 2.81. The Morgan fingerprint density at radius 2 is 1.74 bits per heavy atom. The maximum atomic E-state index is 12.1. The normalized spacial score (nSPS) is 12.4. The smallest absolute Gasteiger partial charge is 0.387 e. The molecular weight excluding hydrogens is 248 g/mol. The van der Waals surface area contributed by atoms with Gasteiger partial charge in [-0.15, -0.1) is 0 Å². The number of ether oxygens (including phenoxy) is 1. The number of hydrogen-bond acceptors (Lipinski definition) is 2. The molecule has 0 saturated heterocycles. The Morgan fingerprint density at radius 1 is 1.00 bits per heavy atom. The van der Waals surface area contributed by atoms with Crippen LogP contribution in [0.1, 0.15) is 17.2 Å². The van der Waals surface area contributed by atoms with Crippen LogP contribution in [0.2, 0.25) is 0 Å². The van der Waals surface area contributed by atoms with Crippen molar-refractivity contribution in [3.8, 4) is 5.75 Å². The van der Waals surface area contributed by atoms with Crippen LogP contribution >= 0.6 is 0 Å². The number of hydrogen-bond donors (Lipinski definition) is 1. The van der Waals surface area contributed by atoms with Crippen LogP contribution in [0, 0.1) is 0 Å². The molecule has 0 aromatic heterocycles. The number of rotatable bonds is 5. The second-order valence-electron chi connectivity index (χ2n) is 4.25. The Hall–Kier alpha value is -1.94. The summed E-state index contributed by atoms with van der Waals surface area (Å²) < 4.78 is 28.7. The predicted octanol–water partition coefficient (Wildman–Crippen LogP) is 3.53. The van der Waals surface area contributed by atoms with Crippen LogP contribution in [0.5, 0.6) is 5.75 Å². The summed E-state index contributed by atoms with van der Waals surface area (Å²) in [6, 6.07) is 16.1. The molecule has 0 aliphatic rings. The summed E-state index contributed by atoms with van der Waals surface area (Å²) in [7, 11) is 0. The Bertz CT molecular complexity index is 517. The van der Waals surface area contributed by atoms with Crippen LogP contribution in [0.4, 0.5) is 8.78 Å². The standard InChI is InChI=1S/C15H15F2NO/c16-15(17)19-13-8-4-7-12(10-13)14(18)9-11-5-2-1-3-6-11/h1-8,10,14-15H,9,18H2.